The normalized spacial score (nSPS) is 10.5. The summed E-state index contributed by atoms with van der Waals surface area (Å²) in [4.78, 5) is 16.7. The van der Waals surface area contributed by atoms with Crippen molar-refractivity contribution in [2.24, 2.45) is 0 Å². The highest BCUT2D eigenvalue weighted by Gasteiger charge is 2.13. The van der Waals surface area contributed by atoms with E-state index in [-0.39, 0.29) is 5.91 Å². The maximum Gasteiger partial charge on any atom is 0.255 e. The number of rotatable bonds is 5. The third kappa shape index (κ3) is 4.66. The number of nitrogens with one attached hydrogen (secondary N) is 1. The zero-order valence-corrected chi connectivity index (χ0v) is 16.3. The van der Waals surface area contributed by atoms with Crippen LogP contribution in [0.2, 0.25) is 5.02 Å². The van der Waals surface area contributed by atoms with E-state index in [1.807, 2.05) is 57.2 Å². The van der Waals surface area contributed by atoms with Crippen LogP contribution in [0.15, 0.2) is 54.9 Å². The number of aromatic nitrogens is 1. The summed E-state index contributed by atoms with van der Waals surface area (Å²) >= 11 is 6.21. The number of carbonyl (C=O) groups excluding carboxylic acids is 1. The van der Waals surface area contributed by atoms with E-state index < -0.39 is 0 Å². The Morgan fingerprint density at radius 3 is 2.48 bits per heavy atom. The minimum Gasteiger partial charge on any atom is -0.488 e. The first-order chi connectivity index (χ1) is 12.9. The molecule has 0 radical (unpaired) electrons. The summed E-state index contributed by atoms with van der Waals surface area (Å²) in [6.45, 7) is 6.25. The molecule has 2 aromatic carbocycles. The lowest BCUT2D eigenvalue weighted by molar-refractivity contribution is 0.102. The molecule has 138 valence electrons. The highest BCUT2D eigenvalue weighted by atomic mass is 35.5. The summed E-state index contributed by atoms with van der Waals surface area (Å²) in [5, 5.41) is 3.39. The number of hydrogen-bond donors (Lipinski definition) is 1. The third-order valence-corrected chi connectivity index (χ3v) is 4.51. The number of halogens is 1. The van der Waals surface area contributed by atoms with Gasteiger partial charge in [0.2, 0.25) is 0 Å². The lowest BCUT2D eigenvalue weighted by Crippen LogP contribution is -2.13. The van der Waals surface area contributed by atoms with E-state index in [0.717, 1.165) is 28.0 Å². The highest BCUT2D eigenvalue weighted by Crippen LogP contribution is 2.27. The molecule has 5 heteroatoms. The monoisotopic (exact) mass is 380 g/mol. The highest BCUT2D eigenvalue weighted by molar-refractivity contribution is 6.34. The molecule has 4 nitrogen and oxygen atoms in total. The van der Waals surface area contributed by atoms with Crippen LogP contribution in [-0.2, 0) is 6.61 Å². The molecule has 0 atom stereocenters. The summed E-state index contributed by atoms with van der Waals surface area (Å²) < 4.78 is 5.95. The number of amides is 1. The third-order valence-electron chi connectivity index (χ3n) is 4.20. The van der Waals surface area contributed by atoms with Gasteiger partial charge in [-0.25, -0.2) is 0 Å². The first kappa shape index (κ1) is 18.9. The van der Waals surface area contributed by atoms with Gasteiger partial charge in [0.15, 0.2) is 0 Å². The van der Waals surface area contributed by atoms with Crippen LogP contribution in [0, 0.1) is 20.8 Å². The maximum atomic E-state index is 12.6. The van der Waals surface area contributed by atoms with Crippen LogP contribution in [0.4, 0.5) is 5.69 Å². The smallest absolute Gasteiger partial charge is 0.255 e. The average molecular weight is 381 g/mol. The van der Waals surface area contributed by atoms with E-state index in [4.69, 9.17) is 16.3 Å². The molecule has 3 rings (SSSR count). The number of hydrogen-bond acceptors (Lipinski definition) is 3. The van der Waals surface area contributed by atoms with Crippen molar-refractivity contribution >= 4 is 23.2 Å². The van der Waals surface area contributed by atoms with Crippen molar-refractivity contribution in [1.29, 1.82) is 0 Å². The molecule has 0 unspecified atom stereocenters. The second-order valence-electron chi connectivity index (χ2n) is 6.53. The molecule has 0 fully saturated rings. The molecule has 0 aliphatic carbocycles. The molecular weight excluding hydrogens is 360 g/mol. The molecule has 0 bridgehead atoms. The Kier molecular flexibility index (Phi) is 5.77. The lowest BCUT2D eigenvalue weighted by Gasteiger charge is -2.14. The number of nitrogens with zero attached hydrogens (tertiary/aromatic N) is 1. The second kappa shape index (κ2) is 8.23. The van der Waals surface area contributed by atoms with Crippen LogP contribution < -0.4 is 10.1 Å². The van der Waals surface area contributed by atoms with E-state index in [1.165, 1.54) is 0 Å². The molecule has 0 spiro atoms. The lowest BCUT2D eigenvalue weighted by atomic mass is 10.0. The van der Waals surface area contributed by atoms with Gasteiger partial charge in [-0.15, -0.1) is 0 Å². The fraction of sp³-hybridized carbons (Fsp3) is 0.182. The Hall–Kier alpha value is -2.85. The molecule has 3 aromatic rings. The van der Waals surface area contributed by atoms with Gasteiger partial charge < -0.3 is 10.1 Å². The van der Waals surface area contributed by atoms with Crippen molar-refractivity contribution in [1.82, 2.24) is 4.98 Å². The zero-order valence-electron chi connectivity index (χ0n) is 15.5. The number of benzene rings is 2. The van der Waals surface area contributed by atoms with Gasteiger partial charge in [-0.2, -0.15) is 0 Å². The number of carbonyl (C=O) groups is 1. The molecule has 0 saturated heterocycles. The van der Waals surface area contributed by atoms with Gasteiger partial charge in [0.05, 0.1) is 10.7 Å². The van der Waals surface area contributed by atoms with Crippen molar-refractivity contribution in [3.05, 3.63) is 87.7 Å². The SMILES string of the molecule is Cc1ccc(NC(=O)c2cc(C)c(OCc3cccnc3)c(C)c2)c(Cl)c1. The van der Waals surface area contributed by atoms with Crippen molar-refractivity contribution in [3.8, 4) is 5.75 Å². The molecule has 0 aliphatic rings. The Morgan fingerprint density at radius 1 is 1.11 bits per heavy atom. The quantitative estimate of drug-likeness (QED) is 0.636. The molecular formula is C22H21ClN2O2. The molecule has 27 heavy (non-hydrogen) atoms. The Bertz CT molecular complexity index is 948. The Balaban J connectivity index is 1.76. The van der Waals surface area contributed by atoms with Gasteiger partial charge in [-0.3, -0.25) is 9.78 Å². The van der Waals surface area contributed by atoms with E-state index in [0.29, 0.717) is 22.9 Å². The minimum absolute atomic E-state index is 0.203. The van der Waals surface area contributed by atoms with Crippen LogP contribution in [0.3, 0.4) is 0 Å². The average Bonchev–Trinajstić information content (AvgIpc) is 2.64. The van der Waals surface area contributed by atoms with E-state index >= 15 is 0 Å². The fourth-order valence-corrected chi connectivity index (χ4v) is 3.15. The van der Waals surface area contributed by atoms with Crippen molar-refractivity contribution in [2.45, 2.75) is 27.4 Å². The van der Waals surface area contributed by atoms with Gasteiger partial charge in [0.25, 0.3) is 5.91 Å². The van der Waals surface area contributed by atoms with E-state index in [1.54, 1.807) is 18.5 Å². The first-order valence-electron chi connectivity index (χ1n) is 8.64. The minimum atomic E-state index is -0.203. The summed E-state index contributed by atoms with van der Waals surface area (Å²) in [6.07, 6.45) is 3.51. The number of anilines is 1. The molecule has 0 aliphatic heterocycles. The standard InChI is InChI=1S/C22H21ClN2O2/c1-14-6-7-20(19(23)9-14)25-22(26)18-10-15(2)21(16(3)11-18)27-13-17-5-4-8-24-12-17/h4-12H,13H2,1-3H3,(H,25,26). The Labute approximate surface area is 164 Å². The molecule has 1 heterocycles. The summed E-state index contributed by atoms with van der Waals surface area (Å²) in [5.74, 6) is 0.578. The van der Waals surface area contributed by atoms with Gasteiger partial charge in [0.1, 0.15) is 12.4 Å². The first-order valence-corrected chi connectivity index (χ1v) is 9.02. The van der Waals surface area contributed by atoms with E-state index in [2.05, 4.69) is 10.3 Å². The number of pyridine rings is 1. The van der Waals surface area contributed by atoms with E-state index in [9.17, 15) is 4.79 Å². The van der Waals surface area contributed by atoms with Crippen molar-refractivity contribution in [2.75, 3.05) is 5.32 Å². The Morgan fingerprint density at radius 2 is 1.85 bits per heavy atom. The predicted octanol–water partition coefficient (Wildman–Crippen LogP) is 5.49. The fourth-order valence-electron chi connectivity index (χ4n) is 2.86. The van der Waals surface area contributed by atoms with Crippen LogP contribution >= 0.6 is 11.6 Å². The van der Waals surface area contributed by atoms with Gasteiger partial charge >= 0.3 is 0 Å². The topological polar surface area (TPSA) is 51.2 Å². The van der Waals surface area contributed by atoms with Gasteiger partial charge in [-0.1, -0.05) is 23.7 Å². The van der Waals surface area contributed by atoms with Crippen LogP contribution in [0.5, 0.6) is 5.75 Å². The van der Waals surface area contributed by atoms with Crippen molar-refractivity contribution in [3.63, 3.8) is 0 Å². The molecule has 1 N–H and O–H groups in total. The molecule has 1 amide bonds. The van der Waals surface area contributed by atoms with Gasteiger partial charge in [-0.05, 0) is 67.8 Å². The number of aryl methyl sites for hydroxylation is 3. The molecule has 0 saturated carbocycles. The van der Waals surface area contributed by atoms with Crippen molar-refractivity contribution < 1.29 is 9.53 Å². The number of ether oxygens (including phenoxy) is 1. The predicted molar refractivity (Wildman–Crippen MR) is 109 cm³/mol. The summed E-state index contributed by atoms with van der Waals surface area (Å²) in [5.41, 5.74) is 5.00. The zero-order chi connectivity index (χ0) is 19.4. The van der Waals surface area contributed by atoms with Crippen LogP contribution in [-0.4, -0.2) is 10.9 Å². The van der Waals surface area contributed by atoms with Crippen LogP contribution in [0.25, 0.3) is 0 Å². The molecule has 1 aromatic heterocycles. The maximum absolute atomic E-state index is 12.6. The largest absolute Gasteiger partial charge is 0.488 e. The second-order valence-corrected chi connectivity index (χ2v) is 6.93. The van der Waals surface area contributed by atoms with Gasteiger partial charge in [0, 0.05) is 23.5 Å². The van der Waals surface area contributed by atoms with Crippen LogP contribution in [0.1, 0.15) is 32.6 Å². The summed E-state index contributed by atoms with van der Waals surface area (Å²) in [6, 6.07) is 13.0. The summed E-state index contributed by atoms with van der Waals surface area (Å²) in [7, 11) is 0.